The first-order valence-corrected chi connectivity index (χ1v) is 10.7. The van der Waals surface area contributed by atoms with Crippen LogP contribution < -0.4 is 0 Å². The summed E-state index contributed by atoms with van der Waals surface area (Å²) in [6.07, 6.45) is 4.55. The number of likely N-dealkylation sites (tertiary alicyclic amines) is 1. The number of hydrogen-bond acceptors (Lipinski definition) is 4. The van der Waals surface area contributed by atoms with E-state index in [2.05, 4.69) is 10.1 Å². The van der Waals surface area contributed by atoms with Crippen LogP contribution in [0.4, 0.5) is 8.78 Å². The molecule has 0 aliphatic carbocycles. The lowest BCUT2D eigenvalue weighted by Crippen LogP contribution is -2.36. The maximum absolute atomic E-state index is 15.8. The average Bonchev–Trinajstić information content (AvgIpc) is 3.37. The first kappa shape index (κ1) is 20.8. The second-order valence-electron chi connectivity index (χ2n) is 8.12. The van der Waals surface area contributed by atoms with Gasteiger partial charge in [0.15, 0.2) is 5.69 Å². The Morgan fingerprint density at radius 2 is 1.88 bits per heavy atom. The molecule has 0 spiro atoms. The van der Waals surface area contributed by atoms with Crippen LogP contribution in [0.1, 0.15) is 35.3 Å². The minimum absolute atomic E-state index is 0.0829. The number of rotatable bonds is 3. The fourth-order valence-electron chi connectivity index (χ4n) is 4.23. The number of carbonyl (C=O) groups excluding carboxylic acids is 1. The van der Waals surface area contributed by atoms with Gasteiger partial charge in [-0.15, -0.1) is 0 Å². The third-order valence-corrected chi connectivity index (χ3v) is 5.88. The van der Waals surface area contributed by atoms with E-state index in [0.717, 1.165) is 36.2 Å². The number of nitrogens with zero attached hydrogens (tertiary/aromatic N) is 6. The molecule has 7 nitrogen and oxygen atoms in total. The summed E-state index contributed by atoms with van der Waals surface area (Å²) in [6, 6.07) is 10.9. The van der Waals surface area contributed by atoms with Crippen molar-refractivity contribution in [3.63, 3.8) is 0 Å². The summed E-state index contributed by atoms with van der Waals surface area (Å²) >= 11 is 0. The Morgan fingerprint density at radius 1 is 1.09 bits per heavy atom. The molecule has 1 aliphatic rings. The topological polar surface area (TPSA) is 79.7 Å². The zero-order valence-corrected chi connectivity index (χ0v) is 17.9. The molecule has 1 fully saturated rings. The molecule has 166 valence electrons. The van der Waals surface area contributed by atoms with Gasteiger partial charge in [0.1, 0.15) is 17.7 Å². The van der Waals surface area contributed by atoms with Crippen molar-refractivity contribution in [2.24, 2.45) is 7.05 Å². The smallest absolute Gasteiger partial charge is 0.277 e. The molecule has 1 aliphatic heterocycles. The van der Waals surface area contributed by atoms with Gasteiger partial charge in [0.2, 0.25) is 5.95 Å². The highest BCUT2D eigenvalue weighted by molar-refractivity contribution is 5.93. The van der Waals surface area contributed by atoms with E-state index in [-0.39, 0.29) is 22.6 Å². The van der Waals surface area contributed by atoms with Gasteiger partial charge in [0.25, 0.3) is 5.91 Å². The third-order valence-electron chi connectivity index (χ3n) is 5.88. The number of benzene rings is 2. The number of hydrogen-bond donors (Lipinski definition) is 0. The quantitative estimate of drug-likeness (QED) is 0.472. The van der Waals surface area contributed by atoms with E-state index in [1.165, 1.54) is 16.7 Å². The summed E-state index contributed by atoms with van der Waals surface area (Å²) in [7, 11) is 1.79. The Bertz CT molecular complexity index is 1420. The van der Waals surface area contributed by atoms with Crippen molar-refractivity contribution < 1.29 is 13.6 Å². The summed E-state index contributed by atoms with van der Waals surface area (Å²) in [5.41, 5.74) is 0.992. The van der Waals surface area contributed by atoms with Gasteiger partial charge < -0.3 is 4.90 Å². The SMILES string of the molecule is Cn1cc2cc(-n3c(-c4ccc(C#N)c(F)c4)nc(C(=O)N4CCCCC4)c3F)ccc2n1. The normalized spacial score (nSPS) is 13.9. The summed E-state index contributed by atoms with van der Waals surface area (Å²) in [6.45, 7) is 1.10. The number of halogens is 2. The first-order valence-electron chi connectivity index (χ1n) is 10.7. The standard InChI is InChI=1S/C24H20F2N6O/c1-30-14-17-11-18(7-8-20(17)29-30)32-22(26)21(24(33)31-9-3-2-4-10-31)28-23(32)15-5-6-16(13-27)19(25)12-15/h5-8,11-12,14H,2-4,9-10H2,1H3. The number of piperidine rings is 1. The fourth-order valence-corrected chi connectivity index (χ4v) is 4.23. The third kappa shape index (κ3) is 3.63. The van der Waals surface area contributed by atoms with E-state index in [1.807, 2.05) is 0 Å². The van der Waals surface area contributed by atoms with Gasteiger partial charge in [-0.2, -0.15) is 14.8 Å². The molecule has 0 saturated carbocycles. The van der Waals surface area contributed by atoms with E-state index < -0.39 is 17.7 Å². The maximum atomic E-state index is 15.8. The molecule has 0 bridgehead atoms. The van der Waals surface area contributed by atoms with Crippen LogP contribution in [0.15, 0.2) is 42.6 Å². The van der Waals surface area contributed by atoms with Gasteiger partial charge in [-0.25, -0.2) is 9.37 Å². The molecule has 5 rings (SSSR count). The molecule has 0 unspecified atom stereocenters. The molecule has 9 heteroatoms. The van der Waals surface area contributed by atoms with Crippen LogP contribution in [-0.2, 0) is 7.05 Å². The minimum atomic E-state index is -0.811. The number of aryl methyl sites for hydroxylation is 1. The molecule has 3 heterocycles. The number of fused-ring (bicyclic) bond motifs is 1. The Balaban J connectivity index is 1.69. The van der Waals surface area contributed by atoms with Crippen molar-refractivity contribution in [1.29, 1.82) is 5.26 Å². The van der Waals surface area contributed by atoms with Crippen LogP contribution in [0.25, 0.3) is 28.0 Å². The lowest BCUT2D eigenvalue weighted by Gasteiger charge is -2.25. The molecule has 33 heavy (non-hydrogen) atoms. The molecule has 2 aromatic carbocycles. The van der Waals surface area contributed by atoms with Crippen LogP contribution in [0, 0.1) is 23.1 Å². The second-order valence-corrected chi connectivity index (χ2v) is 8.12. The number of amides is 1. The Hall–Kier alpha value is -4.06. The van der Waals surface area contributed by atoms with Crippen molar-refractivity contribution in [3.8, 4) is 23.1 Å². The molecule has 0 N–H and O–H groups in total. The van der Waals surface area contributed by atoms with Gasteiger partial charge >= 0.3 is 0 Å². The Labute approximate surface area is 188 Å². The van der Waals surface area contributed by atoms with E-state index in [9.17, 15) is 9.18 Å². The number of aromatic nitrogens is 4. The number of carbonyl (C=O) groups is 1. The highest BCUT2D eigenvalue weighted by Gasteiger charge is 2.29. The van der Waals surface area contributed by atoms with Gasteiger partial charge in [-0.3, -0.25) is 14.0 Å². The zero-order chi connectivity index (χ0) is 23.1. The molecule has 1 saturated heterocycles. The summed E-state index contributed by atoms with van der Waals surface area (Å²) in [5.74, 6) is -1.95. The monoisotopic (exact) mass is 446 g/mol. The second kappa shape index (κ2) is 8.13. The fraction of sp³-hybridized carbons (Fsp3) is 0.250. The van der Waals surface area contributed by atoms with Gasteiger partial charge in [-0.1, -0.05) is 0 Å². The summed E-state index contributed by atoms with van der Waals surface area (Å²) in [5, 5.41) is 14.2. The van der Waals surface area contributed by atoms with E-state index in [1.54, 1.807) is 47.1 Å². The van der Waals surface area contributed by atoms with Crippen molar-refractivity contribution in [2.75, 3.05) is 13.1 Å². The van der Waals surface area contributed by atoms with Crippen LogP contribution in [0.5, 0.6) is 0 Å². The van der Waals surface area contributed by atoms with E-state index in [0.29, 0.717) is 18.8 Å². The number of nitriles is 1. The Kier molecular flexibility index (Phi) is 5.13. The molecule has 4 aromatic rings. The van der Waals surface area contributed by atoms with Gasteiger partial charge in [0.05, 0.1) is 16.8 Å². The first-order chi connectivity index (χ1) is 16.0. The molecule has 2 aromatic heterocycles. The summed E-state index contributed by atoms with van der Waals surface area (Å²) < 4.78 is 33.1. The van der Waals surface area contributed by atoms with Crippen molar-refractivity contribution in [3.05, 3.63) is 65.6 Å². The van der Waals surface area contributed by atoms with Crippen molar-refractivity contribution in [2.45, 2.75) is 19.3 Å². The Morgan fingerprint density at radius 3 is 2.61 bits per heavy atom. The predicted molar refractivity (Wildman–Crippen MR) is 118 cm³/mol. The zero-order valence-electron chi connectivity index (χ0n) is 17.9. The predicted octanol–water partition coefficient (Wildman–Crippen LogP) is 4.20. The molecule has 0 atom stereocenters. The largest absolute Gasteiger partial charge is 0.337 e. The molecule has 1 amide bonds. The molecular formula is C24H20F2N6O. The van der Waals surface area contributed by atoms with E-state index >= 15 is 4.39 Å². The highest BCUT2D eigenvalue weighted by Crippen LogP contribution is 2.29. The number of imidazole rings is 1. The molecular weight excluding hydrogens is 426 g/mol. The minimum Gasteiger partial charge on any atom is -0.337 e. The van der Waals surface area contributed by atoms with Gasteiger partial charge in [-0.05, 0) is 55.7 Å². The average molecular weight is 446 g/mol. The van der Waals surface area contributed by atoms with E-state index in [4.69, 9.17) is 5.26 Å². The molecule has 0 radical (unpaired) electrons. The summed E-state index contributed by atoms with van der Waals surface area (Å²) in [4.78, 5) is 19.1. The lowest BCUT2D eigenvalue weighted by atomic mass is 10.1. The van der Waals surface area contributed by atoms with Crippen molar-refractivity contribution >= 4 is 16.8 Å². The maximum Gasteiger partial charge on any atom is 0.277 e. The highest BCUT2D eigenvalue weighted by atomic mass is 19.1. The van der Waals surface area contributed by atoms with Crippen LogP contribution in [0.3, 0.4) is 0 Å². The lowest BCUT2D eigenvalue weighted by molar-refractivity contribution is 0.0713. The van der Waals surface area contributed by atoms with Crippen LogP contribution in [0.2, 0.25) is 0 Å². The van der Waals surface area contributed by atoms with Gasteiger partial charge in [0, 0.05) is 37.3 Å². The van der Waals surface area contributed by atoms with Crippen molar-refractivity contribution in [1.82, 2.24) is 24.2 Å². The van der Waals surface area contributed by atoms with Crippen LogP contribution in [-0.4, -0.2) is 43.2 Å². The van der Waals surface area contributed by atoms with Crippen LogP contribution >= 0.6 is 0 Å².